The average molecular weight is 251 g/mol. The molecule has 1 unspecified atom stereocenters. The SMILES string of the molecule is CCCCNc1nncc(NCC2CCCO2)n1. The van der Waals surface area contributed by atoms with Crippen LogP contribution in [0.1, 0.15) is 32.6 Å². The molecule has 1 aliphatic heterocycles. The summed E-state index contributed by atoms with van der Waals surface area (Å²) in [6, 6.07) is 0. The van der Waals surface area contributed by atoms with Gasteiger partial charge in [-0.15, -0.1) is 5.10 Å². The first kappa shape index (κ1) is 13.0. The molecule has 6 heteroatoms. The van der Waals surface area contributed by atoms with E-state index in [9.17, 15) is 0 Å². The second kappa shape index (κ2) is 7.10. The van der Waals surface area contributed by atoms with Gasteiger partial charge in [-0.3, -0.25) is 0 Å². The van der Waals surface area contributed by atoms with Crippen molar-refractivity contribution in [2.45, 2.75) is 38.7 Å². The lowest BCUT2D eigenvalue weighted by molar-refractivity contribution is 0.120. The van der Waals surface area contributed by atoms with E-state index in [4.69, 9.17) is 4.74 Å². The molecule has 2 heterocycles. The molecule has 0 spiro atoms. The van der Waals surface area contributed by atoms with Crippen LogP contribution in [0.5, 0.6) is 0 Å². The minimum absolute atomic E-state index is 0.302. The predicted octanol–water partition coefficient (Wildman–Crippen LogP) is 1.67. The van der Waals surface area contributed by atoms with Gasteiger partial charge in [0.05, 0.1) is 12.3 Å². The molecule has 100 valence electrons. The molecular weight excluding hydrogens is 230 g/mol. The van der Waals surface area contributed by atoms with Crippen molar-refractivity contribution in [3.05, 3.63) is 6.20 Å². The van der Waals surface area contributed by atoms with Gasteiger partial charge in [-0.2, -0.15) is 10.1 Å². The summed E-state index contributed by atoms with van der Waals surface area (Å²) in [4.78, 5) is 4.35. The Morgan fingerprint density at radius 2 is 2.39 bits per heavy atom. The second-order valence-electron chi connectivity index (χ2n) is 4.46. The number of ether oxygens (including phenoxy) is 1. The molecular formula is C12H21N5O. The highest BCUT2D eigenvalue weighted by atomic mass is 16.5. The summed E-state index contributed by atoms with van der Waals surface area (Å²) >= 11 is 0. The smallest absolute Gasteiger partial charge is 0.244 e. The second-order valence-corrected chi connectivity index (χ2v) is 4.46. The molecule has 2 N–H and O–H groups in total. The van der Waals surface area contributed by atoms with Crippen molar-refractivity contribution < 1.29 is 4.74 Å². The van der Waals surface area contributed by atoms with Crippen molar-refractivity contribution in [1.82, 2.24) is 15.2 Å². The number of unbranched alkanes of at least 4 members (excludes halogenated alkanes) is 1. The quantitative estimate of drug-likeness (QED) is 0.718. The van der Waals surface area contributed by atoms with Crippen LogP contribution in [0.25, 0.3) is 0 Å². The maximum Gasteiger partial charge on any atom is 0.244 e. The van der Waals surface area contributed by atoms with Crippen molar-refractivity contribution in [2.75, 3.05) is 30.3 Å². The molecule has 0 radical (unpaired) electrons. The van der Waals surface area contributed by atoms with E-state index in [1.165, 1.54) is 0 Å². The Morgan fingerprint density at radius 1 is 1.44 bits per heavy atom. The summed E-state index contributed by atoms with van der Waals surface area (Å²) in [7, 11) is 0. The molecule has 1 aliphatic rings. The molecule has 18 heavy (non-hydrogen) atoms. The molecule has 6 nitrogen and oxygen atoms in total. The molecule has 0 saturated carbocycles. The molecule has 1 saturated heterocycles. The Labute approximate surface area is 108 Å². The van der Waals surface area contributed by atoms with Crippen molar-refractivity contribution in [3.63, 3.8) is 0 Å². The van der Waals surface area contributed by atoms with E-state index in [0.717, 1.165) is 51.2 Å². The van der Waals surface area contributed by atoms with Gasteiger partial charge in [0.25, 0.3) is 0 Å². The van der Waals surface area contributed by atoms with Gasteiger partial charge in [0, 0.05) is 19.7 Å². The van der Waals surface area contributed by atoms with E-state index in [1.54, 1.807) is 6.20 Å². The fourth-order valence-corrected chi connectivity index (χ4v) is 1.86. The van der Waals surface area contributed by atoms with E-state index >= 15 is 0 Å². The number of rotatable bonds is 7. The average Bonchev–Trinajstić information content (AvgIpc) is 2.90. The van der Waals surface area contributed by atoms with Crippen LogP contribution in [0.3, 0.4) is 0 Å². The van der Waals surface area contributed by atoms with Gasteiger partial charge >= 0.3 is 0 Å². The highest BCUT2D eigenvalue weighted by molar-refractivity contribution is 5.36. The van der Waals surface area contributed by atoms with Crippen molar-refractivity contribution in [1.29, 1.82) is 0 Å². The summed E-state index contributed by atoms with van der Waals surface area (Å²) in [5.41, 5.74) is 0. The Kier molecular flexibility index (Phi) is 5.14. The van der Waals surface area contributed by atoms with Crippen LogP contribution in [0.15, 0.2) is 6.20 Å². The van der Waals surface area contributed by atoms with Crippen LogP contribution < -0.4 is 10.6 Å². The third-order valence-electron chi connectivity index (χ3n) is 2.91. The molecule has 1 aromatic rings. The Hall–Kier alpha value is -1.43. The van der Waals surface area contributed by atoms with Crippen LogP contribution in [0, 0.1) is 0 Å². The molecule has 0 amide bonds. The number of hydrogen-bond donors (Lipinski definition) is 2. The fourth-order valence-electron chi connectivity index (χ4n) is 1.86. The van der Waals surface area contributed by atoms with Gasteiger partial charge in [0.15, 0.2) is 5.82 Å². The maximum atomic E-state index is 5.54. The van der Waals surface area contributed by atoms with Crippen LogP contribution >= 0.6 is 0 Å². The summed E-state index contributed by atoms with van der Waals surface area (Å²) in [5.74, 6) is 1.33. The van der Waals surface area contributed by atoms with Crippen molar-refractivity contribution >= 4 is 11.8 Å². The van der Waals surface area contributed by atoms with Gasteiger partial charge in [-0.25, -0.2) is 0 Å². The molecule has 0 bridgehead atoms. The number of hydrogen-bond acceptors (Lipinski definition) is 6. The zero-order chi connectivity index (χ0) is 12.6. The van der Waals surface area contributed by atoms with E-state index in [2.05, 4.69) is 32.7 Å². The van der Waals surface area contributed by atoms with Crippen LogP contribution in [0.2, 0.25) is 0 Å². The summed E-state index contributed by atoms with van der Waals surface area (Å²) in [5, 5.41) is 14.3. The standard InChI is InChI=1S/C12H21N5O/c1-2-3-6-13-12-16-11(9-15-17-12)14-8-10-5-4-7-18-10/h9-10H,2-8H2,1H3,(H2,13,14,16,17). The number of nitrogens with one attached hydrogen (secondary N) is 2. The first-order chi connectivity index (χ1) is 8.88. The Bertz CT molecular complexity index is 354. The first-order valence-electron chi connectivity index (χ1n) is 6.67. The lowest BCUT2D eigenvalue weighted by atomic mass is 10.2. The predicted molar refractivity (Wildman–Crippen MR) is 70.7 cm³/mol. The van der Waals surface area contributed by atoms with E-state index in [-0.39, 0.29) is 0 Å². The van der Waals surface area contributed by atoms with Gasteiger partial charge in [0.1, 0.15) is 0 Å². The number of aromatic nitrogens is 3. The normalized spacial score (nSPS) is 18.8. The monoisotopic (exact) mass is 251 g/mol. The zero-order valence-electron chi connectivity index (χ0n) is 10.9. The minimum Gasteiger partial charge on any atom is -0.376 e. The zero-order valence-corrected chi connectivity index (χ0v) is 10.9. The third-order valence-corrected chi connectivity index (χ3v) is 2.91. The minimum atomic E-state index is 0.302. The van der Waals surface area contributed by atoms with Crippen LogP contribution in [0.4, 0.5) is 11.8 Å². The molecule has 1 fully saturated rings. The van der Waals surface area contributed by atoms with E-state index < -0.39 is 0 Å². The van der Waals surface area contributed by atoms with Crippen LogP contribution in [-0.4, -0.2) is 41.0 Å². The first-order valence-corrected chi connectivity index (χ1v) is 6.67. The van der Waals surface area contributed by atoms with Crippen LogP contribution in [-0.2, 0) is 4.74 Å². The van der Waals surface area contributed by atoms with Gasteiger partial charge in [0.2, 0.25) is 5.95 Å². The Morgan fingerprint density at radius 3 is 3.17 bits per heavy atom. The highest BCUT2D eigenvalue weighted by Gasteiger charge is 2.15. The van der Waals surface area contributed by atoms with Gasteiger partial charge < -0.3 is 15.4 Å². The number of anilines is 2. The molecule has 1 aromatic heterocycles. The van der Waals surface area contributed by atoms with Crippen molar-refractivity contribution in [3.8, 4) is 0 Å². The van der Waals surface area contributed by atoms with E-state index in [1.807, 2.05) is 0 Å². The Balaban J connectivity index is 1.78. The summed E-state index contributed by atoms with van der Waals surface area (Å²) in [6.45, 7) is 4.69. The fraction of sp³-hybridized carbons (Fsp3) is 0.750. The highest BCUT2D eigenvalue weighted by Crippen LogP contribution is 2.12. The lowest BCUT2D eigenvalue weighted by Gasteiger charge is -2.11. The van der Waals surface area contributed by atoms with Crippen molar-refractivity contribution in [2.24, 2.45) is 0 Å². The summed E-state index contributed by atoms with van der Waals surface area (Å²) < 4.78 is 5.54. The van der Waals surface area contributed by atoms with Gasteiger partial charge in [-0.1, -0.05) is 13.3 Å². The molecule has 0 aliphatic carbocycles. The summed E-state index contributed by atoms with van der Waals surface area (Å²) in [6.07, 6.45) is 6.47. The topological polar surface area (TPSA) is 72.0 Å². The lowest BCUT2D eigenvalue weighted by Crippen LogP contribution is -2.19. The number of nitrogens with zero attached hydrogens (tertiary/aromatic N) is 3. The molecule has 2 rings (SSSR count). The maximum absolute atomic E-state index is 5.54. The molecule has 1 atom stereocenters. The molecule has 0 aromatic carbocycles. The van der Waals surface area contributed by atoms with E-state index in [0.29, 0.717) is 12.1 Å². The third kappa shape index (κ3) is 4.10. The van der Waals surface area contributed by atoms with Gasteiger partial charge in [-0.05, 0) is 19.3 Å². The largest absolute Gasteiger partial charge is 0.376 e.